The molecule has 0 aliphatic heterocycles. The maximum absolute atomic E-state index is 9.13. The summed E-state index contributed by atoms with van der Waals surface area (Å²) in [6.45, 7) is 0. The van der Waals surface area contributed by atoms with Crippen LogP contribution in [0.1, 0.15) is 0 Å². The highest BCUT2D eigenvalue weighted by Gasteiger charge is 2.03. The standard InChI is InChI=1S/C11H9ClO.C2H3BrO/c1-13-10-7-6-8-4-2-3-5-9(8)11(10)12;3-1-2-4/h2-7H,1H3;2H,1H2. The van der Waals surface area contributed by atoms with Crippen LogP contribution in [0.2, 0.25) is 5.02 Å². The van der Waals surface area contributed by atoms with Crippen LogP contribution in [-0.2, 0) is 4.79 Å². The number of ether oxygens (including phenoxy) is 1. The number of methoxy groups -OCH3 is 1. The van der Waals surface area contributed by atoms with E-state index in [1.54, 1.807) is 7.11 Å². The Labute approximate surface area is 114 Å². The average Bonchev–Trinajstić information content (AvgIpc) is 2.40. The number of fused-ring (bicyclic) bond motifs is 1. The highest BCUT2D eigenvalue weighted by Crippen LogP contribution is 2.32. The SMILES string of the molecule is COc1ccc2ccccc2c1Cl.O=CCBr. The third-order valence-corrected chi connectivity index (χ3v) is 2.76. The van der Waals surface area contributed by atoms with Gasteiger partial charge in [0.25, 0.3) is 0 Å². The minimum Gasteiger partial charge on any atom is -0.495 e. The molecule has 4 heteroatoms. The van der Waals surface area contributed by atoms with Gasteiger partial charge >= 0.3 is 0 Å². The summed E-state index contributed by atoms with van der Waals surface area (Å²) in [5.41, 5.74) is 0. The fourth-order valence-electron chi connectivity index (χ4n) is 1.37. The van der Waals surface area contributed by atoms with Gasteiger partial charge in [0.2, 0.25) is 0 Å². The minimum atomic E-state index is 0.451. The summed E-state index contributed by atoms with van der Waals surface area (Å²) < 4.78 is 5.12. The van der Waals surface area contributed by atoms with Crippen molar-refractivity contribution in [2.45, 2.75) is 0 Å². The first kappa shape index (κ1) is 14.0. The Morgan fingerprint density at radius 2 is 1.94 bits per heavy atom. The zero-order valence-corrected chi connectivity index (χ0v) is 11.7. The van der Waals surface area contributed by atoms with Crippen LogP contribution in [0, 0.1) is 0 Å². The van der Waals surface area contributed by atoms with Gasteiger partial charge < -0.3 is 9.53 Å². The number of halogens is 2. The molecule has 0 heterocycles. The maximum Gasteiger partial charge on any atom is 0.138 e. The van der Waals surface area contributed by atoms with E-state index in [-0.39, 0.29) is 0 Å². The minimum absolute atomic E-state index is 0.451. The Morgan fingerprint density at radius 1 is 1.29 bits per heavy atom. The molecule has 0 amide bonds. The van der Waals surface area contributed by atoms with E-state index in [9.17, 15) is 0 Å². The molecule has 17 heavy (non-hydrogen) atoms. The largest absolute Gasteiger partial charge is 0.495 e. The van der Waals surface area contributed by atoms with Gasteiger partial charge in [0.15, 0.2) is 0 Å². The number of aldehydes is 1. The molecule has 2 rings (SSSR count). The molecule has 0 saturated carbocycles. The molecule has 0 fully saturated rings. The molecule has 2 aromatic rings. The third-order valence-electron chi connectivity index (χ3n) is 2.11. The summed E-state index contributed by atoms with van der Waals surface area (Å²) in [5.74, 6) is 0.723. The van der Waals surface area contributed by atoms with Crippen molar-refractivity contribution in [1.29, 1.82) is 0 Å². The molecule has 0 aliphatic carbocycles. The molecule has 0 spiro atoms. The van der Waals surface area contributed by atoms with E-state index >= 15 is 0 Å². The number of alkyl halides is 1. The van der Waals surface area contributed by atoms with Gasteiger partial charge in [-0.1, -0.05) is 57.9 Å². The number of carbonyl (C=O) groups is 1. The van der Waals surface area contributed by atoms with Crippen molar-refractivity contribution in [3.05, 3.63) is 41.4 Å². The van der Waals surface area contributed by atoms with Crippen LogP contribution >= 0.6 is 27.5 Å². The van der Waals surface area contributed by atoms with Gasteiger partial charge in [-0.3, -0.25) is 0 Å². The van der Waals surface area contributed by atoms with E-state index in [2.05, 4.69) is 15.9 Å². The molecular weight excluding hydrogens is 303 g/mol. The monoisotopic (exact) mass is 314 g/mol. The van der Waals surface area contributed by atoms with Crippen molar-refractivity contribution in [2.24, 2.45) is 0 Å². The third kappa shape index (κ3) is 3.72. The maximum atomic E-state index is 9.13. The van der Waals surface area contributed by atoms with Crippen LogP contribution in [0.4, 0.5) is 0 Å². The number of carbonyl (C=O) groups excluding carboxylic acids is 1. The highest BCUT2D eigenvalue weighted by atomic mass is 79.9. The van der Waals surface area contributed by atoms with Gasteiger partial charge in [-0.15, -0.1) is 0 Å². The van der Waals surface area contributed by atoms with Crippen LogP contribution in [0.3, 0.4) is 0 Å². The van der Waals surface area contributed by atoms with Gasteiger partial charge in [-0.05, 0) is 11.5 Å². The second-order valence-electron chi connectivity index (χ2n) is 3.12. The van der Waals surface area contributed by atoms with Crippen molar-refractivity contribution in [1.82, 2.24) is 0 Å². The van der Waals surface area contributed by atoms with Gasteiger partial charge in [0.05, 0.1) is 17.5 Å². The fraction of sp³-hybridized carbons (Fsp3) is 0.154. The average molecular weight is 316 g/mol. The summed E-state index contributed by atoms with van der Waals surface area (Å²) in [5, 5.41) is 3.30. The number of benzene rings is 2. The molecule has 0 atom stereocenters. The molecule has 0 radical (unpaired) electrons. The van der Waals surface area contributed by atoms with Crippen LogP contribution in [0.5, 0.6) is 5.75 Å². The van der Waals surface area contributed by atoms with Gasteiger partial charge in [-0.25, -0.2) is 0 Å². The molecule has 0 aliphatic rings. The summed E-state index contributed by atoms with van der Waals surface area (Å²) in [6.07, 6.45) is 0.792. The lowest BCUT2D eigenvalue weighted by Crippen LogP contribution is -1.84. The quantitative estimate of drug-likeness (QED) is 0.616. The molecule has 0 aromatic heterocycles. The van der Waals surface area contributed by atoms with Crippen LogP contribution in [0.15, 0.2) is 36.4 Å². The Bertz CT molecular complexity index is 500. The van der Waals surface area contributed by atoms with Crippen LogP contribution in [0.25, 0.3) is 10.8 Å². The second-order valence-corrected chi connectivity index (χ2v) is 4.15. The predicted octanol–water partition coefficient (Wildman–Crippen LogP) is 4.08. The van der Waals surface area contributed by atoms with E-state index in [1.165, 1.54) is 0 Å². The smallest absolute Gasteiger partial charge is 0.138 e. The molecule has 0 bridgehead atoms. The molecule has 0 N–H and O–H groups in total. The Kier molecular flexibility index (Phi) is 6.01. The van der Waals surface area contributed by atoms with Crippen molar-refractivity contribution in [2.75, 3.05) is 12.4 Å². The van der Waals surface area contributed by atoms with E-state index in [0.717, 1.165) is 22.8 Å². The van der Waals surface area contributed by atoms with Gasteiger partial charge in [0, 0.05) is 5.39 Å². The topological polar surface area (TPSA) is 26.3 Å². The Morgan fingerprint density at radius 3 is 2.53 bits per heavy atom. The molecule has 90 valence electrons. The normalized spacial score (nSPS) is 9.35. The zero-order valence-electron chi connectivity index (χ0n) is 9.32. The fourth-order valence-corrected chi connectivity index (χ4v) is 1.68. The van der Waals surface area contributed by atoms with Crippen molar-refractivity contribution in [3.8, 4) is 5.75 Å². The Balaban J connectivity index is 0.000000317. The van der Waals surface area contributed by atoms with Crippen molar-refractivity contribution < 1.29 is 9.53 Å². The first-order valence-corrected chi connectivity index (χ1v) is 6.45. The lowest BCUT2D eigenvalue weighted by atomic mass is 10.1. The zero-order chi connectivity index (χ0) is 12.7. The summed E-state index contributed by atoms with van der Waals surface area (Å²) >= 11 is 9.00. The molecule has 2 aromatic carbocycles. The Hall–Kier alpha value is -1.06. The molecule has 2 nitrogen and oxygen atoms in total. The lowest BCUT2D eigenvalue weighted by molar-refractivity contribution is -0.105. The lowest BCUT2D eigenvalue weighted by Gasteiger charge is -2.05. The predicted molar refractivity (Wildman–Crippen MR) is 75.4 cm³/mol. The van der Waals surface area contributed by atoms with Crippen LogP contribution < -0.4 is 4.74 Å². The van der Waals surface area contributed by atoms with Crippen LogP contribution in [-0.4, -0.2) is 18.7 Å². The second kappa shape index (κ2) is 7.30. The first-order chi connectivity index (χ1) is 8.24. The van der Waals surface area contributed by atoms with E-state index < -0.39 is 0 Å². The first-order valence-electron chi connectivity index (χ1n) is 4.95. The van der Waals surface area contributed by atoms with Crippen molar-refractivity contribution in [3.63, 3.8) is 0 Å². The number of hydrogen-bond acceptors (Lipinski definition) is 2. The van der Waals surface area contributed by atoms with E-state index in [4.69, 9.17) is 21.1 Å². The summed E-state index contributed by atoms with van der Waals surface area (Å²) in [7, 11) is 1.62. The summed E-state index contributed by atoms with van der Waals surface area (Å²) in [4.78, 5) is 9.13. The number of rotatable bonds is 2. The van der Waals surface area contributed by atoms with E-state index in [1.807, 2.05) is 36.4 Å². The molecule has 0 unspecified atom stereocenters. The van der Waals surface area contributed by atoms with Gasteiger partial charge in [0.1, 0.15) is 12.0 Å². The van der Waals surface area contributed by atoms with E-state index in [0.29, 0.717) is 10.4 Å². The molecule has 0 saturated heterocycles. The van der Waals surface area contributed by atoms with Crippen molar-refractivity contribution >= 4 is 44.6 Å². The highest BCUT2D eigenvalue weighted by molar-refractivity contribution is 9.09. The van der Waals surface area contributed by atoms with Gasteiger partial charge in [-0.2, -0.15) is 0 Å². The number of hydrogen-bond donors (Lipinski definition) is 0. The summed E-state index contributed by atoms with van der Waals surface area (Å²) in [6, 6.07) is 11.9. The molecular formula is C13H12BrClO2.